The van der Waals surface area contributed by atoms with Crippen molar-refractivity contribution in [2.75, 3.05) is 12.9 Å². The van der Waals surface area contributed by atoms with Gasteiger partial charge in [0.05, 0.1) is 6.04 Å². The monoisotopic (exact) mass is 392 g/mol. The molecule has 0 aliphatic heterocycles. The molecule has 2 N–H and O–H groups in total. The lowest BCUT2D eigenvalue weighted by Crippen LogP contribution is -2.33. The van der Waals surface area contributed by atoms with Crippen LogP contribution in [0.3, 0.4) is 0 Å². The van der Waals surface area contributed by atoms with Gasteiger partial charge in [0.15, 0.2) is 5.17 Å². The van der Waals surface area contributed by atoms with E-state index in [0.717, 1.165) is 6.92 Å². The van der Waals surface area contributed by atoms with Crippen LogP contribution in [-0.2, 0) is 10.7 Å². The number of aliphatic hydroxyl groups excluding tert-OH is 1. The molecule has 0 aliphatic carbocycles. The maximum atomic E-state index is 13.8. The lowest BCUT2D eigenvalue weighted by Gasteiger charge is -2.19. The van der Waals surface area contributed by atoms with Crippen LogP contribution in [0.25, 0.3) is 0 Å². The zero-order chi connectivity index (χ0) is 19.0. The highest BCUT2D eigenvalue weighted by Gasteiger charge is 2.28. The number of aliphatic hydroxyl groups is 1. The van der Waals surface area contributed by atoms with Crippen LogP contribution in [0.4, 0.5) is 13.5 Å². The van der Waals surface area contributed by atoms with Gasteiger partial charge in [-0.15, -0.1) is 0 Å². The highest BCUT2D eigenvalue weighted by Crippen LogP contribution is 2.34. The minimum absolute atomic E-state index is 0. The van der Waals surface area contributed by atoms with E-state index in [1.807, 2.05) is 0 Å². The van der Waals surface area contributed by atoms with E-state index in [2.05, 4.69) is 10.3 Å². The lowest BCUT2D eigenvalue weighted by atomic mass is 9.98. The number of rotatable bonds is 7. The van der Waals surface area contributed by atoms with Gasteiger partial charge in [-0.3, -0.25) is 14.5 Å². The number of benzene rings is 1. The number of alkyl halides is 2. The Kier molecular flexibility index (Phi) is 10.6. The average molecular weight is 392 g/mol. The first kappa shape index (κ1) is 24.5. The summed E-state index contributed by atoms with van der Waals surface area (Å²) in [4.78, 5) is 16.6. The van der Waals surface area contributed by atoms with E-state index < -0.39 is 12.0 Å². The van der Waals surface area contributed by atoms with Crippen LogP contribution in [-0.4, -0.2) is 29.0 Å². The number of carbonyl (C=O) groups is 1. The standard InChI is InChI=1S/C18H26F2N2O2S.FH/c1-12(8-7-11-23)16(24)22-17(25-4)21-13(2)14-9-5-6-10-15(14)18(3,19)20;/h5-6,9-10,12-13,23H,7-8,11H2,1-4H3,(H,21,22,24);1H/t12?,13-;/m0./s1. The number of carbonyl (C=O) groups excluding carboxylic acids is 1. The van der Waals surface area contributed by atoms with E-state index in [4.69, 9.17) is 5.11 Å². The number of hydrogen-bond acceptors (Lipinski definition) is 4. The SMILES string of the molecule is CSC(=N[C@@H](C)c1ccccc1C(C)(F)F)NC(=O)C(C)CCCO.F. The van der Waals surface area contributed by atoms with Crippen molar-refractivity contribution in [3.63, 3.8) is 0 Å². The molecule has 1 aromatic carbocycles. The number of nitrogens with one attached hydrogen (secondary N) is 1. The second-order valence-electron chi connectivity index (χ2n) is 6.05. The maximum Gasteiger partial charge on any atom is 0.270 e. The number of amidine groups is 1. The molecule has 1 rings (SSSR count). The topological polar surface area (TPSA) is 61.7 Å². The molecule has 26 heavy (non-hydrogen) atoms. The molecule has 0 radical (unpaired) electrons. The quantitative estimate of drug-likeness (QED) is 0.538. The van der Waals surface area contributed by atoms with Crippen molar-refractivity contribution >= 4 is 22.8 Å². The summed E-state index contributed by atoms with van der Waals surface area (Å²) in [6.07, 6.45) is 2.89. The molecule has 8 heteroatoms. The van der Waals surface area contributed by atoms with Gasteiger partial charge in [-0.2, -0.15) is 0 Å². The molecule has 0 fully saturated rings. The Bertz CT molecular complexity index is 606. The number of thioether (sulfide) groups is 1. The fourth-order valence-corrected chi connectivity index (χ4v) is 2.87. The molecule has 0 aromatic heterocycles. The summed E-state index contributed by atoms with van der Waals surface area (Å²) in [5.74, 6) is -3.41. The van der Waals surface area contributed by atoms with E-state index in [1.54, 1.807) is 38.3 Å². The Morgan fingerprint density at radius 1 is 1.35 bits per heavy atom. The fourth-order valence-electron chi connectivity index (χ4n) is 2.40. The minimum Gasteiger partial charge on any atom is -0.396 e. The molecule has 0 heterocycles. The first-order valence-corrected chi connectivity index (χ1v) is 9.43. The van der Waals surface area contributed by atoms with Crippen LogP contribution in [0.15, 0.2) is 29.3 Å². The molecular formula is C18H27F3N2O2S. The number of hydrogen-bond donors (Lipinski definition) is 2. The van der Waals surface area contributed by atoms with E-state index in [-0.39, 0.29) is 28.7 Å². The minimum atomic E-state index is -2.96. The summed E-state index contributed by atoms with van der Waals surface area (Å²) < 4.78 is 27.6. The van der Waals surface area contributed by atoms with Crippen LogP contribution in [0.2, 0.25) is 0 Å². The number of amides is 1. The van der Waals surface area contributed by atoms with E-state index >= 15 is 0 Å². The molecule has 1 amide bonds. The van der Waals surface area contributed by atoms with Crippen molar-refractivity contribution in [3.8, 4) is 0 Å². The summed E-state index contributed by atoms with van der Waals surface area (Å²) >= 11 is 1.26. The molecule has 0 spiro atoms. The number of aliphatic imine (C=N–C) groups is 1. The Hall–Kier alpha value is -1.54. The zero-order valence-electron chi connectivity index (χ0n) is 15.5. The van der Waals surface area contributed by atoms with Gasteiger partial charge in [-0.05, 0) is 31.6 Å². The summed E-state index contributed by atoms with van der Waals surface area (Å²) in [7, 11) is 0. The van der Waals surface area contributed by atoms with Gasteiger partial charge in [-0.25, -0.2) is 8.78 Å². The van der Waals surface area contributed by atoms with Gasteiger partial charge < -0.3 is 10.4 Å². The smallest absolute Gasteiger partial charge is 0.270 e. The van der Waals surface area contributed by atoms with Gasteiger partial charge in [-0.1, -0.05) is 43.0 Å². The van der Waals surface area contributed by atoms with E-state index in [0.29, 0.717) is 23.6 Å². The number of halogens is 3. The van der Waals surface area contributed by atoms with Crippen LogP contribution in [0.1, 0.15) is 50.8 Å². The molecule has 0 saturated carbocycles. The van der Waals surface area contributed by atoms with Crippen LogP contribution in [0.5, 0.6) is 0 Å². The Morgan fingerprint density at radius 3 is 2.50 bits per heavy atom. The van der Waals surface area contributed by atoms with Crippen molar-refractivity contribution in [2.24, 2.45) is 10.9 Å². The van der Waals surface area contributed by atoms with Gasteiger partial charge in [0.25, 0.3) is 5.92 Å². The van der Waals surface area contributed by atoms with E-state index in [1.165, 1.54) is 17.8 Å². The second kappa shape index (κ2) is 11.2. The average Bonchev–Trinajstić information content (AvgIpc) is 2.57. The molecular weight excluding hydrogens is 365 g/mol. The van der Waals surface area contributed by atoms with Gasteiger partial charge in [0.2, 0.25) is 5.91 Å². The third kappa shape index (κ3) is 7.37. The first-order chi connectivity index (χ1) is 11.7. The highest BCUT2D eigenvalue weighted by atomic mass is 32.2. The molecule has 148 valence electrons. The molecule has 4 nitrogen and oxygen atoms in total. The van der Waals surface area contributed by atoms with Crippen LogP contribution in [0, 0.1) is 5.92 Å². The Morgan fingerprint density at radius 2 is 1.96 bits per heavy atom. The number of nitrogens with zero attached hydrogens (tertiary/aromatic N) is 1. The second-order valence-corrected chi connectivity index (χ2v) is 6.84. The van der Waals surface area contributed by atoms with Gasteiger partial charge >= 0.3 is 0 Å². The molecule has 1 unspecified atom stereocenters. The third-order valence-electron chi connectivity index (χ3n) is 3.86. The highest BCUT2D eigenvalue weighted by molar-refractivity contribution is 8.13. The summed E-state index contributed by atoms with van der Waals surface area (Å²) in [6, 6.07) is 5.79. The Balaban J connectivity index is 0.00000625. The first-order valence-electron chi connectivity index (χ1n) is 8.21. The van der Waals surface area contributed by atoms with Gasteiger partial charge in [0.1, 0.15) is 0 Å². The summed E-state index contributed by atoms with van der Waals surface area (Å²) in [5, 5.41) is 12.0. The predicted molar refractivity (Wildman–Crippen MR) is 102 cm³/mol. The predicted octanol–water partition coefficient (Wildman–Crippen LogP) is 4.26. The molecule has 0 saturated heterocycles. The van der Waals surface area contributed by atoms with Crippen LogP contribution < -0.4 is 5.32 Å². The van der Waals surface area contributed by atoms with Crippen molar-refractivity contribution in [1.29, 1.82) is 0 Å². The van der Waals surface area contributed by atoms with Crippen molar-refractivity contribution < 1.29 is 23.4 Å². The summed E-state index contributed by atoms with van der Waals surface area (Å²) in [6.45, 7) is 4.41. The maximum absolute atomic E-state index is 13.8. The van der Waals surface area contributed by atoms with Crippen molar-refractivity contribution in [3.05, 3.63) is 35.4 Å². The molecule has 0 aliphatic rings. The van der Waals surface area contributed by atoms with Crippen LogP contribution >= 0.6 is 11.8 Å². The van der Waals surface area contributed by atoms with Crippen molar-refractivity contribution in [2.45, 2.75) is 45.6 Å². The van der Waals surface area contributed by atoms with Crippen molar-refractivity contribution in [1.82, 2.24) is 5.32 Å². The molecule has 2 atom stereocenters. The fraction of sp³-hybridized carbons (Fsp3) is 0.556. The summed E-state index contributed by atoms with van der Waals surface area (Å²) in [5.41, 5.74) is 0.374. The normalized spacial score (nSPS) is 14.3. The zero-order valence-corrected chi connectivity index (χ0v) is 16.3. The third-order valence-corrected chi connectivity index (χ3v) is 4.46. The largest absolute Gasteiger partial charge is 0.396 e. The Labute approximate surface area is 156 Å². The molecule has 1 aromatic rings. The van der Waals surface area contributed by atoms with Gasteiger partial charge in [0, 0.05) is 25.0 Å². The van der Waals surface area contributed by atoms with E-state index in [9.17, 15) is 13.6 Å². The molecule has 0 bridgehead atoms. The lowest BCUT2D eigenvalue weighted by molar-refractivity contribution is -0.123.